The quantitative estimate of drug-likeness (QED) is 0.460. The van der Waals surface area contributed by atoms with Crippen molar-refractivity contribution in [2.75, 3.05) is 11.1 Å². The molecule has 0 bridgehead atoms. The van der Waals surface area contributed by atoms with E-state index >= 15 is 0 Å². The van der Waals surface area contributed by atoms with Crippen LogP contribution >= 0.6 is 23.1 Å². The second-order valence-corrected chi connectivity index (χ2v) is 9.66. The monoisotopic (exact) mass is 442 g/mol. The zero-order valence-electron chi connectivity index (χ0n) is 16.8. The predicted octanol–water partition coefficient (Wildman–Crippen LogP) is 5.20. The number of rotatable bonds is 9. The van der Waals surface area contributed by atoms with Crippen molar-refractivity contribution in [3.63, 3.8) is 0 Å². The number of hydrogen-bond acceptors (Lipinski definition) is 7. The number of amides is 1. The first kappa shape index (κ1) is 20.9. The summed E-state index contributed by atoms with van der Waals surface area (Å²) in [6.45, 7) is 0.997. The fourth-order valence-corrected chi connectivity index (χ4v) is 5.32. The summed E-state index contributed by atoms with van der Waals surface area (Å²) in [5.74, 6) is 1.16. The molecule has 0 atom stereocenters. The van der Waals surface area contributed by atoms with Gasteiger partial charge < -0.3 is 14.6 Å². The average Bonchev–Trinajstić information content (AvgIpc) is 3.45. The summed E-state index contributed by atoms with van der Waals surface area (Å²) in [6, 6.07) is 14.3. The molecule has 0 aliphatic heterocycles. The Balaban J connectivity index is 1.33. The van der Waals surface area contributed by atoms with Crippen LogP contribution in [0.2, 0.25) is 0 Å². The summed E-state index contributed by atoms with van der Waals surface area (Å²) in [5.41, 5.74) is 1.09. The van der Waals surface area contributed by atoms with Crippen LogP contribution in [-0.2, 0) is 17.9 Å². The minimum atomic E-state index is 0.0530. The van der Waals surface area contributed by atoms with Crippen molar-refractivity contribution in [3.05, 3.63) is 60.1 Å². The summed E-state index contributed by atoms with van der Waals surface area (Å²) in [6.07, 6.45) is 7.91. The highest BCUT2D eigenvalue weighted by atomic mass is 32.2. The Kier molecular flexibility index (Phi) is 7.42. The van der Waals surface area contributed by atoms with Gasteiger partial charge in [0, 0.05) is 12.6 Å². The zero-order chi connectivity index (χ0) is 20.6. The Hall–Kier alpha value is -2.32. The molecule has 0 unspecified atom stereocenters. The van der Waals surface area contributed by atoms with Crippen LogP contribution in [0, 0.1) is 0 Å². The van der Waals surface area contributed by atoms with E-state index in [0.29, 0.717) is 24.9 Å². The molecule has 2 heterocycles. The minimum Gasteiger partial charge on any atom is -0.467 e. The van der Waals surface area contributed by atoms with Crippen LogP contribution in [0.4, 0.5) is 5.13 Å². The molecule has 0 radical (unpaired) electrons. The van der Waals surface area contributed by atoms with Gasteiger partial charge in [-0.3, -0.25) is 4.79 Å². The van der Waals surface area contributed by atoms with E-state index in [-0.39, 0.29) is 5.91 Å². The zero-order valence-corrected chi connectivity index (χ0v) is 18.5. The van der Waals surface area contributed by atoms with E-state index in [1.165, 1.54) is 55.2 Å². The van der Waals surface area contributed by atoms with E-state index in [1.807, 2.05) is 47.4 Å². The van der Waals surface area contributed by atoms with E-state index in [9.17, 15) is 4.79 Å². The van der Waals surface area contributed by atoms with Crippen molar-refractivity contribution in [2.24, 2.45) is 0 Å². The van der Waals surface area contributed by atoms with Gasteiger partial charge in [-0.15, -0.1) is 10.2 Å². The Morgan fingerprint density at radius 2 is 1.93 bits per heavy atom. The van der Waals surface area contributed by atoms with Gasteiger partial charge in [0.1, 0.15) is 5.76 Å². The van der Waals surface area contributed by atoms with Crippen LogP contribution in [-0.4, -0.2) is 32.8 Å². The van der Waals surface area contributed by atoms with Gasteiger partial charge in [-0.05, 0) is 30.5 Å². The number of carbonyl (C=O) groups excluding carboxylic acids is 1. The lowest BCUT2D eigenvalue weighted by atomic mass is 9.96. The van der Waals surface area contributed by atoms with Crippen LogP contribution in [0.5, 0.6) is 0 Å². The third-order valence-electron chi connectivity index (χ3n) is 5.15. The topological polar surface area (TPSA) is 71.3 Å². The van der Waals surface area contributed by atoms with Crippen LogP contribution in [0.15, 0.2) is 57.5 Å². The van der Waals surface area contributed by atoms with Gasteiger partial charge in [0.15, 0.2) is 4.34 Å². The number of hydrogen-bond donors (Lipinski definition) is 1. The molecule has 6 nitrogen and oxygen atoms in total. The molecule has 1 fully saturated rings. The third-order valence-corrected chi connectivity index (χ3v) is 7.13. The number of nitrogens with zero attached hydrogens (tertiary/aromatic N) is 3. The van der Waals surface area contributed by atoms with Crippen LogP contribution in [0.25, 0.3) is 0 Å². The summed E-state index contributed by atoms with van der Waals surface area (Å²) < 4.78 is 6.28. The maximum atomic E-state index is 13.0. The Labute approximate surface area is 185 Å². The van der Waals surface area contributed by atoms with E-state index < -0.39 is 0 Å². The summed E-state index contributed by atoms with van der Waals surface area (Å²) in [4.78, 5) is 14.8. The number of benzene rings is 1. The van der Waals surface area contributed by atoms with E-state index in [1.54, 1.807) is 6.26 Å². The maximum absolute atomic E-state index is 13.0. The normalized spacial score (nSPS) is 14.5. The van der Waals surface area contributed by atoms with Crippen molar-refractivity contribution >= 4 is 34.1 Å². The number of furan rings is 1. The Morgan fingerprint density at radius 1 is 1.10 bits per heavy atom. The van der Waals surface area contributed by atoms with Gasteiger partial charge in [0.2, 0.25) is 11.0 Å². The fraction of sp³-hybridized carbons (Fsp3) is 0.409. The van der Waals surface area contributed by atoms with E-state index in [0.717, 1.165) is 20.8 Å². The highest BCUT2D eigenvalue weighted by Crippen LogP contribution is 2.28. The summed E-state index contributed by atoms with van der Waals surface area (Å²) >= 11 is 2.98. The van der Waals surface area contributed by atoms with Crippen molar-refractivity contribution in [1.29, 1.82) is 0 Å². The molecule has 1 N–H and O–H groups in total. The molecule has 1 amide bonds. The average molecular weight is 443 g/mol. The summed E-state index contributed by atoms with van der Waals surface area (Å²) in [7, 11) is 0. The van der Waals surface area contributed by atoms with Gasteiger partial charge in [-0.25, -0.2) is 0 Å². The second kappa shape index (κ2) is 10.6. The number of anilines is 1. The van der Waals surface area contributed by atoms with Crippen LogP contribution in [0.3, 0.4) is 0 Å². The highest BCUT2D eigenvalue weighted by molar-refractivity contribution is 8.01. The fourth-order valence-electron chi connectivity index (χ4n) is 3.59. The number of thioether (sulfide) groups is 1. The molecule has 0 spiro atoms. The predicted molar refractivity (Wildman–Crippen MR) is 121 cm³/mol. The molecule has 30 heavy (non-hydrogen) atoms. The van der Waals surface area contributed by atoms with Gasteiger partial charge in [0.25, 0.3) is 0 Å². The first-order valence-corrected chi connectivity index (χ1v) is 12.1. The molecule has 1 aliphatic carbocycles. The largest absolute Gasteiger partial charge is 0.467 e. The SMILES string of the molecule is O=C(CSc1nnc(NC2CCCCC2)s1)N(Cc1ccccc1)Cc1ccco1. The molecular weight excluding hydrogens is 416 g/mol. The molecule has 1 aliphatic rings. The standard InChI is InChI=1S/C22H26N4O2S2/c27-20(16-29-22-25-24-21(30-22)23-18-10-5-2-6-11-18)26(15-19-12-7-13-28-19)14-17-8-3-1-4-9-17/h1,3-4,7-9,12-13,18H,2,5-6,10-11,14-16H2,(H,23,24). The maximum Gasteiger partial charge on any atom is 0.233 e. The molecule has 158 valence electrons. The van der Waals surface area contributed by atoms with Crippen molar-refractivity contribution < 1.29 is 9.21 Å². The van der Waals surface area contributed by atoms with Gasteiger partial charge in [-0.1, -0.05) is 72.7 Å². The van der Waals surface area contributed by atoms with Crippen LogP contribution in [0.1, 0.15) is 43.4 Å². The smallest absolute Gasteiger partial charge is 0.233 e. The lowest BCUT2D eigenvalue weighted by Gasteiger charge is -2.22. The van der Waals surface area contributed by atoms with Crippen molar-refractivity contribution in [3.8, 4) is 0 Å². The van der Waals surface area contributed by atoms with E-state index in [4.69, 9.17) is 4.42 Å². The van der Waals surface area contributed by atoms with Crippen molar-refractivity contribution in [2.45, 2.75) is 55.6 Å². The molecule has 1 saturated carbocycles. The molecular formula is C22H26N4O2S2. The van der Waals surface area contributed by atoms with E-state index in [2.05, 4.69) is 15.5 Å². The Morgan fingerprint density at radius 3 is 2.70 bits per heavy atom. The molecule has 3 aromatic rings. The highest BCUT2D eigenvalue weighted by Gasteiger charge is 2.19. The number of nitrogens with one attached hydrogen (secondary N) is 1. The van der Waals surface area contributed by atoms with Gasteiger partial charge in [-0.2, -0.15) is 0 Å². The lowest BCUT2D eigenvalue weighted by molar-refractivity contribution is -0.129. The molecule has 2 aromatic heterocycles. The Bertz CT molecular complexity index is 908. The molecule has 1 aromatic carbocycles. The van der Waals surface area contributed by atoms with Gasteiger partial charge >= 0.3 is 0 Å². The minimum absolute atomic E-state index is 0.0530. The number of aromatic nitrogens is 2. The molecule has 8 heteroatoms. The van der Waals surface area contributed by atoms with Crippen molar-refractivity contribution in [1.82, 2.24) is 15.1 Å². The second-order valence-electron chi connectivity index (χ2n) is 7.46. The first-order valence-electron chi connectivity index (χ1n) is 10.3. The molecule has 4 rings (SSSR count). The van der Waals surface area contributed by atoms with Crippen LogP contribution < -0.4 is 5.32 Å². The lowest BCUT2D eigenvalue weighted by Crippen LogP contribution is -2.31. The summed E-state index contributed by atoms with van der Waals surface area (Å²) in [5, 5.41) is 12.9. The first-order chi connectivity index (χ1) is 14.8. The molecule has 0 saturated heterocycles. The van der Waals surface area contributed by atoms with Gasteiger partial charge in [0.05, 0.1) is 18.6 Å². The number of carbonyl (C=O) groups is 1. The third kappa shape index (κ3) is 6.09.